The van der Waals surface area contributed by atoms with Crippen molar-refractivity contribution in [3.63, 3.8) is 0 Å². The highest BCUT2D eigenvalue weighted by Crippen LogP contribution is 2.41. The fraction of sp³-hybridized carbons (Fsp3) is 0.125. The second-order valence-corrected chi connectivity index (χ2v) is 5.09. The fourth-order valence-corrected chi connectivity index (χ4v) is 2.44. The first kappa shape index (κ1) is 12.0. The van der Waals surface area contributed by atoms with Gasteiger partial charge >= 0.3 is 0 Å². The van der Waals surface area contributed by atoms with Gasteiger partial charge in [-0.05, 0) is 53.9 Å². The first-order valence-electron chi connectivity index (χ1n) is 3.50. The van der Waals surface area contributed by atoms with Gasteiger partial charge in [0.25, 0.3) is 0 Å². The second-order valence-electron chi connectivity index (χ2n) is 2.56. The predicted octanol–water partition coefficient (Wildman–Crippen LogP) is 3.09. The van der Waals surface area contributed by atoms with E-state index in [2.05, 4.69) is 47.8 Å². The Balaban J connectivity index is 3.25. The molecule has 0 amide bonds. The highest BCUT2D eigenvalue weighted by atomic mass is 79.9. The average Bonchev–Trinajstić information content (AvgIpc) is 2.10. The lowest BCUT2D eigenvalue weighted by atomic mass is 10.1. The normalized spacial score (nSPS) is 10.2. The van der Waals surface area contributed by atoms with E-state index >= 15 is 0 Å². The number of phenolic OH excluding ortho intramolecular Hbond substituents is 2. The SMILES string of the molecule is O=C(Br)Cc1cc(Br)c(O)c(Br)c1O. The Morgan fingerprint density at radius 3 is 2.36 bits per heavy atom. The van der Waals surface area contributed by atoms with Gasteiger partial charge in [0.1, 0.15) is 16.0 Å². The summed E-state index contributed by atoms with van der Waals surface area (Å²) in [5.74, 6) is -0.216. The van der Waals surface area contributed by atoms with Gasteiger partial charge in [-0.1, -0.05) is 0 Å². The third-order valence-electron chi connectivity index (χ3n) is 1.58. The minimum absolute atomic E-state index is 0.0588. The summed E-state index contributed by atoms with van der Waals surface area (Å²) in [4.78, 5) is 10.8. The summed E-state index contributed by atoms with van der Waals surface area (Å²) < 4.78 is 0.360. The third-order valence-corrected chi connectivity index (χ3v) is 3.21. The zero-order valence-corrected chi connectivity index (χ0v) is 11.5. The molecule has 1 aromatic rings. The molecule has 0 aliphatic heterocycles. The van der Waals surface area contributed by atoms with Crippen LogP contribution in [0.1, 0.15) is 5.56 Å². The van der Waals surface area contributed by atoms with Crippen LogP contribution in [0.25, 0.3) is 0 Å². The van der Waals surface area contributed by atoms with Crippen molar-refractivity contribution < 1.29 is 15.0 Å². The van der Waals surface area contributed by atoms with Crippen LogP contribution < -0.4 is 0 Å². The average molecular weight is 389 g/mol. The molecule has 0 bridgehead atoms. The topological polar surface area (TPSA) is 57.5 Å². The molecule has 6 heteroatoms. The van der Waals surface area contributed by atoms with E-state index < -0.39 is 0 Å². The standard InChI is InChI=1S/C8H5Br3O3/c9-4-1-3(2-5(10)12)7(13)6(11)8(4)14/h1,13-14H,2H2. The molecule has 3 nitrogen and oxygen atoms in total. The van der Waals surface area contributed by atoms with Gasteiger partial charge in [-0.25, -0.2) is 0 Å². The van der Waals surface area contributed by atoms with Gasteiger partial charge in [-0.3, -0.25) is 4.79 Å². The van der Waals surface area contributed by atoms with Crippen LogP contribution in [-0.4, -0.2) is 14.9 Å². The lowest BCUT2D eigenvalue weighted by Gasteiger charge is -2.07. The lowest BCUT2D eigenvalue weighted by molar-refractivity contribution is -0.109. The number of rotatable bonds is 2. The Morgan fingerprint density at radius 2 is 1.86 bits per heavy atom. The molecular weight excluding hydrogens is 384 g/mol. The van der Waals surface area contributed by atoms with Crippen molar-refractivity contribution in [2.45, 2.75) is 6.42 Å². The number of hydrogen-bond acceptors (Lipinski definition) is 3. The summed E-state index contributed by atoms with van der Waals surface area (Å²) in [6.45, 7) is 0. The third kappa shape index (κ3) is 2.49. The Morgan fingerprint density at radius 1 is 1.29 bits per heavy atom. The lowest BCUT2D eigenvalue weighted by Crippen LogP contribution is -1.94. The summed E-state index contributed by atoms with van der Waals surface area (Å²) in [6.07, 6.45) is 0.0588. The molecular formula is C8H5Br3O3. The van der Waals surface area contributed by atoms with Gasteiger partial charge in [0.15, 0.2) is 0 Å². The molecule has 0 radical (unpaired) electrons. The van der Waals surface area contributed by atoms with Crippen molar-refractivity contribution in [3.05, 3.63) is 20.6 Å². The predicted molar refractivity (Wildman–Crippen MR) is 62.8 cm³/mol. The van der Waals surface area contributed by atoms with E-state index in [1.54, 1.807) is 0 Å². The van der Waals surface area contributed by atoms with E-state index in [-0.39, 0.29) is 27.1 Å². The van der Waals surface area contributed by atoms with Crippen LogP contribution in [0, 0.1) is 0 Å². The number of hydrogen-bond donors (Lipinski definition) is 2. The molecule has 2 N–H and O–H groups in total. The van der Waals surface area contributed by atoms with E-state index in [4.69, 9.17) is 0 Å². The summed E-state index contributed by atoms with van der Waals surface area (Å²) in [5.41, 5.74) is 0.434. The van der Waals surface area contributed by atoms with Crippen molar-refractivity contribution in [2.75, 3.05) is 0 Å². The van der Waals surface area contributed by atoms with Gasteiger partial charge in [-0.15, -0.1) is 0 Å². The molecule has 0 spiro atoms. The monoisotopic (exact) mass is 386 g/mol. The molecule has 76 valence electrons. The Kier molecular flexibility index (Phi) is 3.97. The number of carbonyl (C=O) groups is 1. The number of benzene rings is 1. The van der Waals surface area contributed by atoms with Crippen LogP contribution in [0.3, 0.4) is 0 Å². The van der Waals surface area contributed by atoms with Crippen LogP contribution in [0.2, 0.25) is 0 Å². The highest BCUT2D eigenvalue weighted by Gasteiger charge is 2.15. The molecule has 0 aromatic heterocycles. The van der Waals surface area contributed by atoms with Gasteiger partial charge in [0, 0.05) is 12.0 Å². The van der Waals surface area contributed by atoms with Gasteiger partial charge in [-0.2, -0.15) is 0 Å². The Labute approximate surface area is 106 Å². The minimum Gasteiger partial charge on any atom is -0.506 e. The molecule has 0 saturated carbocycles. The summed E-state index contributed by atoms with van der Waals surface area (Å²) >= 11 is 8.89. The molecule has 0 heterocycles. The maximum atomic E-state index is 10.8. The van der Waals surface area contributed by atoms with Crippen LogP contribution >= 0.6 is 47.8 Å². The van der Waals surface area contributed by atoms with E-state index in [0.29, 0.717) is 10.0 Å². The molecule has 0 atom stereocenters. The molecule has 1 aromatic carbocycles. The van der Waals surface area contributed by atoms with Crippen LogP contribution in [0.15, 0.2) is 15.0 Å². The van der Waals surface area contributed by atoms with E-state index in [0.717, 1.165) is 0 Å². The van der Waals surface area contributed by atoms with Crippen molar-refractivity contribution >= 4 is 52.5 Å². The van der Waals surface area contributed by atoms with Crippen molar-refractivity contribution in [3.8, 4) is 11.5 Å². The summed E-state index contributed by atoms with van der Waals surface area (Å²) in [5, 5.41) is 18.9. The maximum Gasteiger partial charge on any atom is 0.202 e. The van der Waals surface area contributed by atoms with Gasteiger partial charge in [0.2, 0.25) is 4.69 Å². The van der Waals surface area contributed by atoms with Crippen molar-refractivity contribution in [1.82, 2.24) is 0 Å². The first-order chi connectivity index (χ1) is 6.43. The summed E-state index contributed by atoms with van der Waals surface area (Å²) in [7, 11) is 0. The number of phenols is 2. The zero-order valence-electron chi connectivity index (χ0n) is 6.72. The Bertz CT molecular complexity index is 390. The Hall–Kier alpha value is -0.0700. The van der Waals surface area contributed by atoms with Crippen molar-refractivity contribution in [1.29, 1.82) is 0 Å². The minimum atomic E-state index is -0.239. The van der Waals surface area contributed by atoms with Crippen LogP contribution in [-0.2, 0) is 11.2 Å². The second kappa shape index (κ2) is 4.63. The number of aromatic hydroxyl groups is 2. The van der Waals surface area contributed by atoms with Gasteiger partial charge < -0.3 is 10.2 Å². The zero-order chi connectivity index (χ0) is 10.9. The summed E-state index contributed by atoms with van der Waals surface area (Å²) in [6, 6.07) is 1.49. The molecule has 0 aliphatic rings. The first-order valence-corrected chi connectivity index (χ1v) is 5.88. The maximum absolute atomic E-state index is 10.8. The van der Waals surface area contributed by atoms with Crippen LogP contribution in [0.5, 0.6) is 11.5 Å². The smallest absolute Gasteiger partial charge is 0.202 e. The molecule has 1 rings (SSSR count). The largest absolute Gasteiger partial charge is 0.506 e. The highest BCUT2D eigenvalue weighted by molar-refractivity contribution is 9.18. The van der Waals surface area contributed by atoms with Crippen LogP contribution in [0.4, 0.5) is 0 Å². The quantitative estimate of drug-likeness (QED) is 0.765. The van der Waals surface area contributed by atoms with Gasteiger partial charge in [0.05, 0.1) is 4.47 Å². The van der Waals surface area contributed by atoms with E-state index in [1.165, 1.54) is 6.07 Å². The molecule has 0 fully saturated rings. The molecule has 0 saturated heterocycles. The van der Waals surface area contributed by atoms with E-state index in [9.17, 15) is 15.0 Å². The molecule has 0 unspecified atom stereocenters. The molecule has 14 heavy (non-hydrogen) atoms. The van der Waals surface area contributed by atoms with Crippen molar-refractivity contribution in [2.24, 2.45) is 0 Å². The van der Waals surface area contributed by atoms with E-state index in [1.807, 2.05) is 0 Å². The fourth-order valence-electron chi connectivity index (χ4n) is 0.932. The molecule has 0 aliphatic carbocycles. The number of carbonyl (C=O) groups excluding carboxylic acids is 1. The number of halogens is 3.